The molecule has 0 fully saturated rings. The molecule has 0 aliphatic rings. The highest BCUT2D eigenvalue weighted by atomic mass is 31.2. The molecule has 0 aromatic carbocycles. The van der Waals surface area contributed by atoms with Crippen LogP contribution in [0.25, 0.3) is 0 Å². The van der Waals surface area contributed by atoms with Crippen molar-refractivity contribution in [3.8, 4) is 0 Å². The molecule has 19 heteroatoms. The highest BCUT2D eigenvalue weighted by Crippen LogP contribution is 2.45. The Morgan fingerprint density at radius 3 is 0.764 bits per heavy atom. The van der Waals surface area contributed by atoms with E-state index in [0.717, 1.165) is 102 Å². The van der Waals surface area contributed by atoms with E-state index in [9.17, 15) is 43.2 Å². The summed E-state index contributed by atoms with van der Waals surface area (Å²) in [5.41, 5.74) is 0. The van der Waals surface area contributed by atoms with Gasteiger partial charge in [-0.15, -0.1) is 0 Å². The first-order valence-corrected chi connectivity index (χ1v) is 39.6. The van der Waals surface area contributed by atoms with E-state index < -0.39 is 97.5 Å². The maximum atomic E-state index is 13.0. The number of ether oxygens (including phenoxy) is 4. The van der Waals surface area contributed by atoms with Crippen LogP contribution >= 0.6 is 15.6 Å². The quantitative estimate of drug-likeness (QED) is 0.0222. The number of aliphatic hydroxyl groups is 1. The third-order valence-corrected chi connectivity index (χ3v) is 18.2. The van der Waals surface area contributed by atoms with Crippen LogP contribution in [0.15, 0.2) is 0 Å². The van der Waals surface area contributed by atoms with Crippen LogP contribution in [0.1, 0.15) is 362 Å². The van der Waals surface area contributed by atoms with E-state index in [1.807, 2.05) is 0 Å². The van der Waals surface area contributed by atoms with Crippen LogP contribution in [-0.2, 0) is 65.4 Å². The standard InChI is InChI=1S/C70H136O17P2/c1-6-9-12-15-17-19-20-21-22-23-26-29-32-36-39-44-49-54-68(73)81-60-66(87-70(75)56-51-46-41-37-33-30-27-24-25-28-31-35-38-43-47-52-63(4)5)62-85-89(78,79)83-58-64(71)57-82-88(76,77)84-61-65(59-80-67(72)53-48-42-14-11-8-3)86-69(74)55-50-45-40-34-18-16-13-10-7-2/h63-66,71H,6-62H2,1-5H3,(H,76,77)(H,78,79)/t64-,65+,66+/m0/s1. The second-order valence-corrected chi connectivity index (χ2v) is 28.7. The second kappa shape index (κ2) is 63.5. The Hall–Kier alpha value is -1.94. The molecule has 0 bridgehead atoms. The molecule has 0 amide bonds. The van der Waals surface area contributed by atoms with Crippen molar-refractivity contribution in [2.24, 2.45) is 5.92 Å². The van der Waals surface area contributed by atoms with Crippen molar-refractivity contribution in [1.29, 1.82) is 0 Å². The van der Waals surface area contributed by atoms with Crippen LogP contribution < -0.4 is 0 Å². The molecular weight excluding hydrogens is 1170 g/mol. The number of rotatable bonds is 70. The minimum atomic E-state index is -4.95. The molecule has 0 radical (unpaired) electrons. The average molecular weight is 1310 g/mol. The molecule has 5 atom stereocenters. The summed E-state index contributed by atoms with van der Waals surface area (Å²) < 4.78 is 68.0. The lowest BCUT2D eigenvalue weighted by Crippen LogP contribution is -2.30. The Balaban J connectivity index is 5.13. The number of hydrogen-bond donors (Lipinski definition) is 3. The van der Waals surface area contributed by atoms with Crippen molar-refractivity contribution in [2.75, 3.05) is 39.6 Å². The van der Waals surface area contributed by atoms with Gasteiger partial charge in [-0.1, -0.05) is 311 Å². The van der Waals surface area contributed by atoms with Crippen LogP contribution in [0, 0.1) is 5.92 Å². The van der Waals surface area contributed by atoms with E-state index in [0.29, 0.717) is 25.7 Å². The van der Waals surface area contributed by atoms with Gasteiger partial charge >= 0.3 is 39.5 Å². The summed E-state index contributed by atoms with van der Waals surface area (Å²) in [5, 5.41) is 10.5. The smallest absolute Gasteiger partial charge is 0.462 e. The third kappa shape index (κ3) is 64.6. The van der Waals surface area contributed by atoms with E-state index in [2.05, 4.69) is 34.6 Å². The van der Waals surface area contributed by atoms with Gasteiger partial charge in [-0.25, -0.2) is 9.13 Å². The Labute approximate surface area is 543 Å². The Morgan fingerprint density at radius 1 is 0.303 bits per heavy atom. The summed E-state index contributed by atoms with van der Waals surface area (Å²) in [7, 11) is -9.89. The molecule has 0 saturated carbocycles. The maximum Gasteiger partial charge on any atom is 0.472 e. The summed E-state index contributed by atoms with van der Waals surface area (Å²) in [4.78, 5) is 72.2. The highest BCUT2D eigenvalue weighted by Gasteiger charge is 2.30. The molecule has 0 heterocycles. The minimum Gasteiger partial charge on any atom is -0.462 e. The Kier molecular flexibility index (Phi) is 62.1. The predicted molar refractivity (Wildman–Crippen MR) is 358 cm³/mol. The monoisotopic (exact) mass is 1310 g/mol. The molecule has 2 unspecified atom stereocenters. The summed E-state index contributed by atoms with van der Waals surface area (Å²) >= 11 is 0. The normalized spacial score (nSPS) is 14.1. The SMILES string of the molecule is CCCCCCCCCCCCCCCCCCCC(=O)OC[C@H](COP(=O)(O)OC[C@@H](O)COP(=O)(O)OC[C@@H](COC(=O)CCCCCCC)OC(=O)CCCCCCCCCCC)OC(=O)CCCCCCCCCCCCCCCCCC(C)C. The molecule has 0 saturated heterocycles. The number of esters is 4. The molecule has 17 nitrogen and oxygen atoms in total. The number of carbonyl (C=O) groups excluding carboxylic acids is 4. The van der Waals surface area contributed by atoms with Crippen LogP contribution in [-0.4, -0.2) is 96.7 Å². The molecule has 0 aromatic heterocycles. The summed E-state index contributed by atoms with van der Waals surface area (Å²) in [6.45, 7) is 7.17. The van der Waals surface area contributed by atoms with Crippen LogP contribution in [0.5, 0.6) is 0 Å². The fourth-order valence-electron chi connectivity index (χ4n) is 10.6. The fraction of sp³-hybridized carbons (Fsp3) is 0.943. The van der Waals surface area contributed by atoms with Gasteiger partial charge in [0, 0.05) is 25.7 Å². The first kappa shape index (κ1) is 87.1. The lowest BCUT2D eigenvalue weighted by atomic mass is 10.0. The topological polar surface area (TPSA) is 237 Å². The van der Waals surface area contributed by atoms with Crippen molar-refractivity contribution in [2.45, 2.75) is 380 Å². The molecule has 528 valence electrons. The first-order valence-electron chi connectivity index (χ1n) is 36.6. The Bertz CT molecular complexity index is 1720. The van der Waals surface area contributed by atoms with Gasteiger partial charge in [0.15, 0.2) is 12.2 Å². The molecule has 0 aliphatic carbocycles. The van der Waals surface area contributed by atoms with Gasteiger partial charge in [0.1, 0.15) is 19.3 Å². The van der Waals surface area contributed by atoms with Crippen LogP contribution in [0.4, 0.5) is 0 Å². The molecule has 0 rings (SSSR count). The largest absolute Gasteiger partial charge is 0.472 e. The molecule has 89 heavy (non-hydrogen) atoms. The predicted octanol–water partition coefficient (Wildman–Crippen LogP) is 20.1. The van der Waals surface area contributed by atoms with E-state index in [1.165, 1.54) is 180 Å². The lowest BCUT2D eigenvalue weighted by Gasteiger charge is -2.21. The highest BCUT2D eigenvalue weighted by molar-refractivity contribution is 7.47. The molecule has 3 N–H and O–H groups in total. The number of unbranched alkanes of at least 4 members (excludes halogenated alkanes) is 42. The molecular formula is C70H136O17P2. The van der Waals surface area contributed by atoms with E-state index >= 15 is 0 Å². The number of aliphatic hydroxyl groups excluding tert-OH is 1. The maximum absolute atomic E-state index is 13.0. The van der Waals surface area contributed by atoms with E-state index in [4.69, 9.17) is 37.0 Å². The van der Waals surface area contributed by atoms with Crippen molar-refractivity contribution in [1.82, 2.24) is 0 Å². The number of phosphoric ester groups is 2. The van der Waals surface area contributed by atoms with Crippen LogP contribution in [0.3, 0.4) is 0 Å². The van der Waals surface area contributed by atoms with Gasteiger partial charge in [-0.05, 0) is 31.6 Å². The minimum absolute atomic E-state index is 0.105. The summed E-state index contributed by atoms with van der Waals surface area (Å²) in [6, 6.07) is 0. The van der Waals surface area contributed by atoms with Crippen molar-refractivity contribution < 1.29 is 80.2 Å². The Morgan fingerprint density at radius 2 is 0.517 bits per heavy atom. The van der Waals surface area contributed by atoms with Gasteiger partial charge in [-0.3, -0.25) is 37.3 Å². The second-order valence-electron chi connectivity index (χ2n) is 25.7. The van der Waals surface area contributed by atoms with Crippen molar-refractivity contribution in [3.05, 3.63) is 0 Å². The van der Waals surface area contributed by atoms with Crippen molar-refractivity contribution >= 4 is 39.5 Å². The van der Waals surface area contributed by atoms with E-state index in [1.54, 1.807) is 0 Å². The van der Waals surface area contributed by atoms with Gasteiger partial charge in [0.25, 0.3) is 0 Å². The molecule has 0 spiro atoms. The first-order chi connectivity index (χ1) is 43.0. The van der Waals surface area contributed by atoms with Gasteiger partial charge < -0.3 is 33.8 Å². The zero-order valence-electron chi connectivity index (χ0n) is 57.6. The molecule has 0 aromatic rings. The van der Waals surface area contributed by atoms with Gasteiger partial charge in [-0.2, -0.15) is 0 Å². The fourth-order valence-corrected chi connectivity index (χ4v) is 12.2. The number of carbonyl (C=O) groups is 4. The number of phosphoric acid groups is 2. The number of hydrogen-bond acceptors (Lipinski definition) is 15. The van der Waals surface area contributed by atoms with E-state index in [-0.39, 0.29) is 25.7 Å². The van der Waals surface area contributed by atoms with Crippen molar-refractivity contribution in [3.63, 3.8) is 0 Å². The molecule has 0 aliphatic heterocycles. The summed E-state index contributed by atoms with van der Waals surface area (Å²) in [6.07, 6.45) is 50.4. The third-order valence-electron chi connectivity index (χ3n) is 16.3. The zero-order valence-corrected chi connectivity index (χ0v) is 59.4. The van der Waals surface area contributed by atoms with Crippen LogP contribution in [0.2, 0.25) is 0 Å². The summed E-state index contributed by atoms with van der Waals surface area (Å²) in [5.74, 6) is -1.33. The zero-order chi connectivity index (χ0) is 65.6. The van der Waals surface area contributed by atoms with Gasteiger partial charge in [0.2, 0.25) is 0 Å². The average Bonchev–Trinajstić information content (AvgIpc) is 3.57. The lowest BCUT2D eigenvalue weighted by molar-refractivity contribution is -0.161. The van der Waals surface area contributed by atoms with Gasteiger partial charge in [0.05, 0.1) is 26.4 Å².